The number of hydrogen-bond donors (Lipinski definition) is 0. The highest BCUT2D eigenvalue weighted by Crippen LogP contribution is 2.26. The Morgan fingerprint density at radius 3 is 2.41 bits per heavy atom. The second-order valence-corrected chi connectivity index (χ2v) is 5.43. The Labute approximate surface area is 136 Å². The van der Waals surface area contributed by atoms with Gasteiger partial charge in [0.15, 0.2) is 0 Å². The van der Waals surface area contributed by atoms with Crippen LogP contribution in [0, 0.1) is 6.92 Å². The summed E-state index contributed by atoms with van der Waals surface area (Å²) in [7, 11) is 0. The summed E-state index contributed by atoms with van der Waals surface area (Å²) >= 11 is 6.01. The average molecular weight is 318 g/mol. The van der Waals surface area contributed by atoms with Crippen LogP contribution in [0.1, 0.15) is 29.8 Å². The Morgan fingerprint density at radius 2 is 1.77 bits per heavy atom. The highest BCUT2D eigenvalue weighted by Gasteiger charge is 2.13. The molecule has 0 atom stereocenters. The highest BCUT2D eigenvalue weighted by molar-refractivity contribution is 6.31. The Bertz CT molecular complexity index is 666. The van der Waals surface area contributed by atoms with Gasteiger partial charge in [0.05, 0.1) is 0 Å². The largest absolute Gasteiger partial charge is 0.457 e. The molecule has 0 radical (unpaired) electrons. The van der Waals surface area contributed by atoms with Gasteiger partial charge < -0.3 is 9.64 Å². The maximum Gasteiger partial charge on any atom is 0.253 e. The van der Waals surface area contributed by atoms with Crippen molar-refractivity contribution in [1.29, 1.82) is 0 Å². The highest BCUT2D eigenvalue weighted by atomic mass is 35.5. The molecule has 0 N–H and O–H groups in total. The molecular weight excluding hydrogens is 298 g/mol. The lowest BCUT2D eigenvalue weighted by Gasteiger charge is -2.19. The van der Waals surface area contributed by atoms with Gasteiger partial charge in [-0.25, -0.2) is 0 Å². The summed E-state index contributed by atoms with van der Waals surface area (Å²) in [6.07, 6.45) is 0. The minimum absolute atomic E-state index is 0.0164. The SMILES string of the molecule is CCN(CC)C(=O)c1cccc(Oc2ccc(Cl)c(C)c2)c1. The third-order valence-corrected chi connectivity index (χ3v) is 3.92. The van der Waals surface area contributed by atoms with Crippen molar-refractivity contribution >= 4 is 17.5 Å². The van der Waals surface area contributed by atoms with Crippen molar-refractivity contribution in [3.8, 4) is 11.5 Å². The van der Waals surface area contributed by atoms with Crippen LogP contribution in [0.4, 0.5) is 0 Å². The Kier molecular flexibility index (Phi) is 5.45. The van der Waals surface area contributed by atoms with Crippen molar-refractivity contribution < 1.29 is 9.53 Å². The molecule has 1 amide bonds. The summed E-state index contributed by atoms with van der Waals surface area (Å²) in [5.41, 5.74) is 1.58. The van der Waals surface area contributed by atoms with E-state index in [-0.39, 0.29) is 5.91 Å². The molecule has 0 bridgehead atoms. The Morgan fingerprint density at radius 1 is 1.09 bits per heavy atom. The third kappa shape index (κ3) is 3.80. The molecule has 0 aromatic heterocycles. The first-order chi connectivity index (χ1) is 10.5. The average Bonchev–Trinajstić information content (AvgIpc) is 2.52. The zero-order valence-corrected chi connectivity index (χ0v) is 13.9. The molecule has 0 spiro atoms. The first kappa shape index (κ1) is 16.4. The van der Waals surface area contributed by atoms with E-state index in [0.29, 0.717) is 35.2 Å². The normalized spacial score (nSPS) is 10.4. The summed E-state index contributed by atoms with van der Waals surface area (Å²) < 4.78 is 5.82. The summed E-state index contributed by atoms with van der Waals surface area (Å²) in [4.78, 5) is 14.1. The van der Waals surface area contributed by atoms with Gasteiger partial charge in [-0.05, 0) is 62.7 Å². The molecule has 3 nitrogen and oxygen atoms in total. The van der Waals surface area contributed by atoms with Crippen LogP contribution in [0.5, 0.6) is 11.5 Å². The van der Waals surface area contributed by atoms with Gasteiger partial charge in [0.1, 0.15) is 11.5 Å². The zero-order valence-electron chi connectivity index (χ0n) is 13.1. The van der Waals surface area contributed by atoms with Crippen molar-refractivity contribution in [2.45, 2.75) is 20.8 Å². The number of benzene rings is 2. The number of aryl methyl sites for hydroxylation is 1. The smallest absolute Gasteiger partial charge is 0.253 e. The zero-order chi connectivity index (χ0) is 16.1. The number of carbonyl (C=O) groups is 1. The molecule has 0 unspecified atom stereocenters. The maximum atomic E-state index is 12.4. The monoisotopic (exact) mass is 317 g/mol. The molecule has 4 heteroatoms. The molecule has 0 heterocycles. The van der Waals surface area contributed by atoms with E-state index in [0.717, 1.165) is 5.56 Å². The van der Waals surface area contributed by atoms with Crippen LogP contribution < -0.4 is 4.74 Å². The van der Waals surface area contributed by atoms with Crippen molar-refractivity contribution in [2.75, 3.05) is 13.1 Å². The fourth-order valence-electron chi connectivity index (χ4n) is 2.20. The molecule has 0 fully saturated rings. The topological polar surface area (TPSA) is 29.5 Å². The lowest BCUT2D eigenvalue weighted by Crippen LogP contribution is -2.30. The van der Waals surface area contributed by atoms with Gasteiger partial charge in [-0.15, -0.1) is 0 Å². The lowest BCUT2D eigenvalue weighted by molar-refractivity contribution is 0.0772. The van der Waals surface area contributed by atoms with Crippen LogP contribution >= 0.6 is 11.6 Å². The summed E-state index contributed by atoms with van der Waals surface area (Å²) in [6, 6.07) is 12.7. The van der Waals surface area contributed by atoms with Crippen LogP contribution in [-0.4, -0.2) is 23.9 Å². The molecule has 0 aliphatic heterocycles. The van der Waals surface area contributed by atoms with Gasteiger partial charge in [-0.1, -0.05) is 17.7 Å². The molecule has 116 valence electrons. The van der Waals surface area contributed by atoms with E-state index in [9.17, 15) is 4.79 Å². The lowest BCUT2D eigenvalue weighted by atomic mass is 10.2. The number of nitrogens with zero attached hydrogens (tertiary/aromatic N) is 1. The number of hydrogen-bond acceptors (Lipinski definition) is 2. The van der Waals surface area contributed by atoms with E-state index in [2.05, 4.69) is 0 Å². The van der Waals surface area contributed by atoms with Crippen LogP contribution in [0.3, 0.4) is 0 Å². The number of ether oxygens (including phenoxy) is 1. The molecule has 2 rings (SSSR count). The first-order valence-corrected chi connectivity index (χ1v) is 7.76. The summed E-state index contributed by atoms with van der Waals surface area (Å²) in [6.45, 7) is 7.25. The van der Waals surface area contributed by atoms with Gasteiger partial charge in [0, 0.05) is 23.7 Å². The first-order valence-electron chi connectivity index (χ1n) is 7.38. The van der Waals surface area contributed by atoms with Crippen LogP contribution in [-0.2, 0) is 0 Å². The Balaban J connectivity index is 2.21. The van der Waals surface area contributed by atoms with E-state index in [1.54, 1.807) is 23.1 Å². The number of carbonyl (C=O) groups excluding carboxylic acids is 1. The summed E-state index contributed by atoms with van der Waals surface area (Å²) in [5, 5.41) is 0.706. The van der Waals surface area contributed by atoms with Gasteiger partial charge in [-0.2, -0.15) is 0 Å². The maximum absolute atomic E-state index is 12.4. The van der Waals surface area contributed by atoms with Crippen molar-refractivity contribution in [1.82, 2.24) is 4.90 Å². The molecule has 2 aromatic carbocycles. The summed E-state index contributed by atoms with van der Waals surface area (Å²) in [5.74, 6) is 1.36. The Hall–Kier alpha value is -2.00. The molecule has 0 aliphatic rings. The van der Waals surface area contributed by atoms with Crippen molar-refractivity contribution in [2.24, 2.45) is 0 Å². The predicted octanol–water partition coefficient (Wildman–Crippen LogP) is 4.92. The van der Waals surface area contributed by atoms with Crippen molar-refractivity contribution in [3.63, 3.8) is 0 Å². The molecule has 0 saturated carbocycles. The molecule has 0 aliphatic carbocycles. The molecule has 22 heavy (non-hydrogen) atoms. The fraction of sp³-hybridized carbons (Fsp3) is 0.278. The van der Waals surface area contributed by atoms with Gasteiger partial charge >= 0.3 is 0 Å². The minimum Gasteiger partial charge on any atom is -0.457 e. The van der Waals surface area contributed by atoms with Crippen LogP contribution in [0.25, 0.3) is 0 Å². The molecule has 0 saturated heterocycles. The van der Waals surface area contributed by atoms with Gasteiger partial charge in [-0.3, -0.25) is 4.79 Å². The van der Waals surface area contributed by atoms with Crippen LogP contribution in [0.15, 0.2) is 42.5 Å². The quantitative estimate of drug-likeness (QED) is 0.783. The predicted molar refractivity (Wildman–Crippen MR) is 90.0 cm³/mol. The number of rotatable bonds is 5. The second-order valence-electron chi connectivity index (χ2n) is 5.02. The van der Waals surface area contributed by atoms with Gasteiger partial charge in [0.2, 0.25) is 0 Å². The minimum atomic E-state index is 0.0164. The molecular formula is C18H20ClNO2. The van der Waals surface area contributed by atoms with Crippen molar-refractivity contribution in [3.05, 3.63) is 58.6 Å². The standard InChI is InChI=1S/C18H20ClNO2/c1-4-20(5-2)18(21)14-7-6-8-15(12-14)22-16-9-10-17(19)13(3)11-16/h6-12H,4-5H2,1-3H3. The van der Waals surface area contributed by atoms with E-state index < -0.39 is 0 Å². The third-order valence-electron chi connectivity index (χ3n) is 3.50. The van der Waals surface area contributed by atoms with E-state index in [1.165, 1.54) is 0 Å². The van der Waals surface area contributed by atoms with E-state index in [1.807, 2.05) is 45.0 Å². The fourth-order valence-corrected chi connectivity index (χ4v) is 2.32. The number of amides is 1. The van der Waals surface area contributed by atoms with E-state index >= 15 is 0 Å². The number of halogens is 1. The van der Waals surface area contributed by atoms with E-state index in [4.69, 9.17) is 16.3 Å². The van der Waals surface area contributed by atoms with Crippen LogP contribution in [0.2, 0.25) is 5.02 Å². The van der Waals surface area contributed by atoms with Gasteiger partial charge in [0.25, 0.3) is 5.91 Å². The molecule has 2 aromatic rings. The second kappa shape index (κ2) is 7.32.